The van der Waals surface area contributed by atoms with Crippen molar-refractivity contribution in [2.75, 3.05) is 12.3 Å². The van der Waals surface area contributed by atoms with Crippen molar-refractivity contribution in [1.82, 2.24) is 0 Å². The molecule has 0 aromatic carbocycles. The number of halogens is 2. The molecule has 2 heterocycles. The van der Waals surface area contributed by atoms with Gasteiger partial charge in [-0.3, -0.25) is 5.73 Å². The van der Waals surface area contributed by atoms with Crippen LogP contribution in [0.2, 0.25) is 0 Å². The van der Waals surface area contributed by atoms with Crippen LogP contribution in [0.25, 0.3) is 0 Å². The summed E-state index contributed by atoms with van der Waals surface area (Å²) in [6, 6.07) is 6.69. The van der Waals surface area contributed by atoms with Gasteiger partial charge >= 0.3 is 0 Å². The number of nitrogen functional groups attached to an aromatic ring is 1. The van der Waals surface area contributed by atoms with Gasteiger partial charge in [-0.2, -0.15) is 0 Å². The molecule has 0 unspecified atom stereocenters. The van der Waals surface area contributed by atoms with Gasteiger partial charge in [0.05, 0.1) is 12.7 Å². The average molecular weight is 339 g/mol. The number of nitrogens with zero attached hydrogens (tertiary/aromatic N) is 1. The molecule has 1 aromatic heterocycles. The molecule has 2 rings (SSSR count). The van der Waals surface area contributed by atoms with Gasteiger partial charge in [-0.15, -0.1) is 0 Å². The number of nitrogens with two attached hydrogens (primary N) is 2. The molecule has 1 saturated heterocycles. The molecular formula is C10H17Br2N3. The van der Waals surface area contributed by atoms with Crippen molar-refractivity contribution in [2.45, 2.75) is 25.4 Å². The Morgan fingerprint density at radius 2 is 2.20 bits per heavy atom. The van der Waals surface area contributed by atoms with E-state index in [0.717, 1.165) is 18.4 Å². The summed E-state index contributed by atoms with van der Waals surface area (Å²) in [5, 5.41) is 2.42. The van der Waals surface area contributed by atoms with Crippen LogP contribution in [0.3, 0.4) is 0 Å². The summed E-state index contributed by atoms with van der Waals surface area (Å²) >= 11 is 0. The predicted octanol–water partition coefficient (Wildman–Crippen LogP) is -6.71. The van der Waals surface area contributed by atoms with Gasteiger partial charge in [-0.1, -0.05) is 6.07 Å². The van der Waals surface area contributed by atoms with E-state index in [1.54, 1.807) is 0 Å². The third-order valence-corrected chi connectivity index (χ3v) is 2.69. The Balaban J connectivity index is 0.000000980. The molecule has 3 nitrogen and oxygen atoms in total. The van der Waals surface area contributed by atoms with Crippen LogP contribution in [-0.2, 0) is 6.54 Å². The molecule has 0 bridgehead atoms. The standard InChI is InChI=1S/C10H15N3.2BrH/c11-10-5-1-2-7-13(10)8-9-4-3-6-12-9;;/h1-2,5,7,9,11-12H,3-4,6,8H2;2*1H/t9-;;/m0../s1. The third-order valence-electron chi connectivity index (χ3n) is 2.69. The lowest BCUT2D eigenvalue weighted by Crippen LogP contribution is -3.00. The molecule has 0 spiro atoms. The molecule has 1 aromatic rings. The molecular weight excluding hydrogens is 322 g/mol. The summed E-state index contributed by atoms with van der Waals surface area (Å²) < 4.78 is 2.13. The van der Waals surface area contributed by atoms with Crippen LogP contribution in [0, 0.1) is 0 Å². The van der Waals surface area contributed by atoms with Crippen LogP contribution >= 0.6 is 0 Å². The van der Waals surface area contributed by atoms with Crippen molar-refractivity contribution in [2.24, 2.45) is 0 Å². The minimum absolute atomic E-state index is 0. The molecule has 0 saturated carbocycles. The van der Waals surface area contributed by atoms with E-state index in [-0.39, 0.29) is 34.0 Å². The van der Waals surface area contributed by atoms with Crippen molar-refractivity contribution in [3.8, 4) is 0 Å². The molecule has 1 aliphatic heterocycles. The Morgan fingerprint density at radius 1 is 1.40 bits per heavy atom. The summed E-state index contributed by atoms with van der Waals surface area (Å²) in [5.41, 5.74) is 5.85. The molecule has 1 fully saturated rings. The second-order valence-electron chi connectivity index (χ2n) is 3.70. The van der Waals surface area contributed by atoms with E-state index >= 15 is 0 Å². The average Bonchev–Trinajstić information content (AvgIpc) is 2.61. The highest BCUT2D eigenvalue weighted by Crippen LogP contribution is 1.99. The highest BCUT2D eigenvalue weighted by molar-refractivity contribution is 5.18. The maximum atomic E-state index is 5.85. The number of quaternary nitrogens is 1. The van der Waals surface area contributed by atoms with E-state index in [1.165, 1.54) is 19.4 Å². The third kappa shape index (κ3) is 4.09. The van der Waals surface area contributed by atoms with Crippen molar-refractivity contribution in [1.29, 1.82) is 0 Å². The van der Waals surface area contributed by atoms with E-state index in [9.17, 15) is 0 Å². The van der Waals surface area contributed by atoms with E-state index < -0.39 is 0 Å². The zero-order valence-electron chi connectivity index (χ0n) is 8.57. The summed E-state index contributed by atoms with van der Waals surface area (Å²) in [7, 11) is 0. The molecule has 0 amide bonds. The Morgan fingerprint density at radius 3 is 2.80 bits per heavy atom. The molecule has 4 N–H and O–H groups in total. The van der Waals surface area contributed by atoms with Gasteiger partial charge in [-0.05, 0) is 6.07 Å². The fourth-order valence-corrected chi connectivity index (χ4v) is 1.93. The van der Waals surface area contributed by atoms with Gasteiger partial charge in [-0.25, -0.2) is 4.57 Å². The first-order valence-corrected chi connectivity index (χ1v) is 4.93. The highest BCUT2D eigenvalue weighted by atomic mass is 79.9. The summed E-state index contributed by atoms with van der Waals surface area (Å²) in [4.78, 5) is 0. The van der Waals surface area contributed by atoms with Gasteiger partial charge < -0.3 is 39.3 Å². The first-order chi connectivity index (χ1) is 6.36. The van der Waals surface area contributed by atoms with E-state index in [2.05, 4.69) is 16.1 Å². The van der Waals surface area contributed by atoms with Crippen molar-refractivity contribution in [3.05, 3.63) is 24.4 Å². The lowest BCUT2D eigenvalue weighted by molar-refractivity contribution is -0.759. The van der Waals surface area contributed by atoms with Crippen LogP contribution < -0.4 is 49.6 Å². The maximum absolute atomic E-state index is 5.85. The molecule has 1 atom stereocenters. The fourth-order valence-electron chi connectivity index (χ4n) is 1.93. The minimum Gasteiger partial charge on any atom is -1.00 e. The lowest BCUT2D eigenvalue weighted by Gasteiger charge is -2.06. The largest absolute Gasteiger partial charge is 1.00 e. The zero-order chi connectivity index (χ0) is 9.10. The first-order valence-electron chi connectivity index (χ1n) is 4.93. The molecule has 1 aliphatic rings. The summed E-state index contributed by atoms with van der Waals surface area (Å²) in [5.74, 6) is 0.864. The molecule has 86 valence electrons. The molecule has 0 radical (unpaired) electrons. The molecule has 5 heteroatoms. The fraction of sp³-hybridized carbons (Fsp3) is 0.500. The second-order valence-corrected chi connectivity index (χ2v) is 3.70. The van der Waals surface area contributed by atoms with Crippen molar-refractivity contribution < 1.29 is 43.8 Å². The smallest absolute Gasteiger partial charge is 0.272 e. The number of anilines is 1. The van der Waals surface area contributed by atoms with E-state index in [0.29, 0.717) is 0 Å². The number of hydrogen-bond donors (Lipinski definition) is 2. The Labute approximate surface area is 112 Å². The van der Waals surface area contributed by atoms with Crippen molar-refractivity contribution in [3.63, 3.8) is 0 Å². The van der Waals surface area contributed by atoms with Crippen LogP contribution in [0.5, 0.6) is 0 Å². The predicted molar refractivity (Wildman–Crippen MR) is 50.9 cm³/mol. The van der Waals surface area contributed by atoms with Gasteiger partial charge in [0.15, 0.2) is 0 Å². The summed E-state index contributed by atoms with van der Waals surface area (Å²) in [6.07, 6.45) is 4.72. The lowest BCUT2D eigenvalue weighted by atomic mass is 10.2. The van der Waals surface area contributed by atoms with Gasteiger partial charge in [0.1, 0.15) is 12.6 Å². The number of rotatable bonds is 2. The SMILES string of the molecule is Nc1cccc[n+]1C[C@@H]1CCC[NH2+]1.[Br-].[Br-]. The molecule has 15 heavy (non-hydrogen) atoms. The minimum atomic E-state index is 0. The topological polar surface area (TPSA) is 46.5 Å². The van der Waals surface area contributed by atoms with Crippen LogP contribution in [0.15, 0.2) is 24.4 Å². The van der Waals surface area contributed by atoms with Crippen molar-refractivity contribution >= 4 is 5.82 Å². The quantitative estimate of drug-likeness (QED) is 0.517. The van der Waals surface area contributed by atoms with E-state index in [1.807, 2.05) is 18.2 Å². The first kappa shape index (κ1) is 14.9. The highest BCUT2D eigenvalue weighted by Gasteiger charge is 2.21. The monoisotopic (exact) mass is 337 g/mol. The number of pyridine rings is 1. The Bertz CT molecular complexity index is 288. The normalized spacial score (nSPS) is 19.1. The Hall–Kier alpha value is -0.130. The summed E-state index contributed by atoms with van der Waals surface area (Å²) in [6.45, 7) is 2.32. The maximum Gasteiger partial charge on any atom is 0.272 e. The number of hydrogen-bond acceptors (Lipinski definition) is 1. The zero-order valence-corrected chi connectivity index (χ0v) is 11.7. The van der Waals surface area contributed by atoms with Gasteiger partial charge in [0.25, 0.3) is 5.82 Å². The second kappa shape index (κ2) is 7.19. The number of aromatic nitrogens is 1. The van der Waals surface area contributed by atoms with E-state index in [4.69, 9.17) is 5.73 Å². The van der Waals surface area contributed by atoms with Crippen LogP contribution in [-0.4, -0.2) is 12.6 Å². The van der Waals surface area contributed by atoms with Gasteiger partial charge in [0.2, 0.25) is 0 Å². The Kier molecular flexibility index (Phi) is 7.13. The van der Waals surface area contributed by atoms with Gasteiger partial charge in [0, 0.05) is 18.9 Å². The van der Waals surface area contributed by atoms with Crippen LogP contribution in [0.1, 0.15) is 12.8 Å². The molecule has 0 aliphatic carbocycles. The van der Waals surface area contributed by atoms with Crippen LogP contribution in [0.4, 0.5) is 5.82 Å².